The highest BCUT2D eigenvalue weighted by Crippen LogP contribution is 2.42. The molecule has 9 nitrogen and oxygen atoms in total. The number of amides is 2. The van der Waals surface area contributed by atoms with Crippen LogP contribution in [-0.4, -0.2) is 74.5 Å². The van der Waals surface area contributed by atoms with Gasteiger partial charge in [0.1, 0.15) is 11.4 Å². The summed E-state index contributed by atoms with van der Waals surface area (Å²) in [6.07, 6.45) is 0.170. The lowest BCUT2D eigenvalue weighted by Gasteiger charge is -2.31. The molecule has 0 spiro atoms. The van der Waals surface area contributed by atoms with E-state index < -0.39 is 29.8 Å². The van der Waals surface area contributed by atoms with Gasteiger partial charge in [-0.1, -0.05) is 0 Å². The Morgan fingerprint density at radius 3 is 2.60 bits per heavy atom. The van der Waals surface area contributed by atoms with E-state index >= 15 is 0 Å². The minimum Gasteiger partial charge on any atom is -0.394 e. The monoisotopic (exact) mass is 497 g/mol. The number of anilines is 2. The van der Waals surface area contributed by atoms with Gasteiger partial charge in [0.25, 0.3) is 0 Å². The van der Waals surface area contributed by atoms with E-state index in [1.807, 2.05) is 0 Å². The number of aliphatic hydroxyl groups is 1. The molecule has 2 saturated carbocycles. The number of aromatic nitrogens is 3. The van der Waals surface area contributed by atoms with Crippen molar-refractivity contribution in [1.29, 1.82) is 5.41 Å². The van der Waals surface area contributed by atoms with Gasteiger partial charge in [0.05, 0.1) is 29.7 Å². The summed E-state index contributed by atoms with van der Waals surface area (Å²) in [5.41, 5.74) is -0.230. The van der Waals surface area contributed by atoms with Gasteiger partial charge in [-0.2, -0.15) is 18.3 Å². The van der Waals surface area contributed by atoms with Crippen molar-refractivity contribution in [2.75, 3.05) is 30.3 Å². The lowest BCUT2D eigenvalue weighted by atomic mass is 10.1. The summed E-state index contributed by atoms with van der Waals surface area (Å²) in [6.45, 7) is -0.410. The highest BCUT2D eigenvalue weighted by Gasteiger charge is 2.50. The van der Waals surface area contributed by atoms with E-state index in [2.05, 4.69) is 25.8 Å². The Morgan fingerprint density at radius 2 is 2.00 bits per heavy atom. The van der Waals surface area contributed by atoms with Crippen molar-refractivity contribution >= 4 is 23.6 Å². The Kier molecular flexibility index (Phi) is 6.71. The lowest BCUT2D eigenvalue weighted by molar-refractivity contribution is -0.136. The van der Waals surface area contributed by atoms with E-state index in [1.165, 1.54) is 17.3 Å². The fourth-order valence-corrected chi connectivity index (χ4v) is 3.85. The number of urea groups is 1. The van der Waals surface area contributed by atoms with Gasteiger partial charge in [0.2, 0.25) is 0 Å². The van der Waals surface area contributed by atoms with Crippen LogP contribution in [0.25, 0.3) is 11.4 Å². The number of aromatic amines is 1. The van der Waals surface area contributed by atoms with E-state index in [1.54, 1.807) is 6.07 Å². The predicted octanol–water partition coefficient (Wildman–Crippen LogP) is 4.08. The molecule has 0 bridgehead atoms. The van der Waals surface area contributed by atoms with E-state index in [9.17, 15) is 27.5 Å². The second-order valence-corrected chi connectivity index (χ2v) is 9.15. The fourth-order valence-electron chi connectivity index (χ4n) is 3.85. The van der Waals surface area contributed by atoms with E-state index in [0.29, 0.717) is 48.3 Å². The van der Waals surface area contributed by atoms with Gasteiger partial charge in [-0.3, -0.25) is 10.1 Å². The number of nitrogens with zero attached hydrogens (tertiary/aromatic N) is 3. The molecule has 0 aromatic carbocycles. The Morgan fingerprint density at radius 1 is 1.26 bits per heavy atom. The number of hydrogen-bond donors (Lipinski definition) is 5. The number of carbonyl (C=O) groups is 1. The Bertz CT molecular complexity index is 1080. The maximum atomic E-state index is 14.1. The standard InChI is InChI=1S/C22H27F4N7O2/c23-20(3-4-20)12-29-15-8-16(28-10-14(15)9-27)18-17(11-30-32-18)31-19(35)33(21(13-34)5-6-21)7-1-2-22(24,25)26/h8-11,27,34H,1-7,12-13H2,(H,28,29)(H,30,32)(H,31,35). The molecule has 0 atom stereocenters. The number of rotatable bonds is 11. The van der Waals surface area contributed by atoms with Gasteiger partial charge < -0.3 is 26.0 Å². The molecule has 5 N–H and O–H groups in total. The van der Waals surface area contributed by atoms with Crippen LogP contribution in [0, 0.1) is 5.41 Å². The van der Waals surface area contributed by atoms with Crippen molar-refractivity contribution < 1.29 is 27.5 Å². The van der Waals surface area contributed by atoms with Gasteiger partial charge in [0, 0.05) is 43.2 Å². The normalized spacial score (nSPS) is 17.5. The molecule has 35 heavy (non-hydrogen) atoms. The van der Waals surface area contributed by atoms with Crippen molar-refractivity contribution in [2.24, 2.45) is 0 Å². The summed E-state index contributed by atoms with van der Waals surface area (Å²) in [5.74, 6) is 0. The molecule has 0 unspecified atom stereocenters. The minimum atomic E-state index is -4.34. The average molecular weight is 497 g/mol. The SMILES string of the molecule is N=Cc1cnc(-c2[nH]ncc2NC(=O)N(CCCC(F)(F)F)C2(CO)CC2)cc1NCC1(F)CC1. The smallest absolute Gasteiger partial charge is 0.389 e. The minimum absolute atomic E-state index is 0.0972. The Balaban J connectivity index is 1.51. The molecular formula is C22H27F4N7O2. The second kappa shape index (κ2) is 9.44. The first kappa shape index (κ1) is 24.9. The summed E-state index contributed by atoms with van der Waals surface area (Å²) in [7, 11) is 0. The molecule has 0 radical (unpaired) electrons. The molecule has 2 aromatic heterocycles. The highest BCUT2D eigenvalue weighted by molar-refractivity contribution is 5.94. The molecular weight excluding hydrogens is 470 g/mol. The molecule has 13 heteroatoms. The molecule has 190 valence electrons. The number of H-pyrrole nitrogens is 1. The zero-order valence-electron chi connectivity index (χ0n) is 18.9. The number of pyridine rings is 1. The first-order chi connectivity index (χ1) is 16.6. The van der Waals surface area contributed by atoms with Crippen LogP contribution in [0.3, 0.4) is 0 Å². The average Bonchev–Trinajstić information content (AvgIpc) is 3.72. The molecule has 4 rings (SSSR count). The van der Waals surface area contributed by atoms with Gasteiger partial charge >= 0.3 is 12.2 Å². The summed E-state index contributed by atoms with van der Waals surface area (Å²) < 4.78 is 52.0. The van der Waals surface area contributed by atoms with Crippen LogP contribution in [0.15, 0.2) is 18.5 Å². The topological polar surface area (TPSA) is 130 Å². The Labute approximate surface area is 198 Å². The first-order valence-corrected chi connectivity index (χ1v) is 11.3. The van der Waals surface area contributed by atoms with Gasteiger partial charge in [0.15, 0.2) is 0 Å². The number of nitrogens with one attached hydrogen (secondary N) is 4. The van der Waals surface area contributed by atoms with Crippen molar-refractivity contribution in [2.45, 2.75) is 55.9 Å². The molecule has 2 fully saturated rings. The third-order valence-electron chi connectivity index (χ3n) is 6.40. The molecule has 2 aliphatic rings. The summed E-state index contributed by atoms with van der Waals surface area (Å²) in [6, 6.07) is 0.955. The van der Waals surface area contributed by atoms with E-state index in [4.69, 9.17) is 5.41 Å². The van der Waals surface area contributed by atoms with Crippen LogP contribution in [0.4, 0.5) is 33.7 Å². The molecule has 2 heterocycles. The van der Waals surface area contributed by atoms with Crippen molar-refractivity contribution in [3.05, 3.63) is 24.0 Å². The predicted molar refractivity (Wildman–Crippen MR) is 121 cm³/mol. The van der Waals surface area contributed by atoms with Crippen molar-refractivity contribution in [3.63, 3.8) is 0 Å². The number of carbonyl (C=O) groups excluding carboxylic acids is 1. The fraction of sp³-hybridized carbons (Fsp3) is 0.545. The second-order valence-electron chi connectivity index (χ2n) is 9.15. The van der Waals surface area contributed by atoms with Crippen LogP contribution in [0.2, 0.25) is 0 Å². The highest BCUT2D eigenvalue weighted by atomic mass is 19.4. The van der Waals surface area contributed by atoms with Crippen LogP contribution < -0.4 is 10.6 Å². The quantitative estimate of drug-likeness (QED) is 0.236. The first-order valence-electron chi connectivity index (χ1n) is 11.3. The number of alkyl halides is 4. The number of aliphatic hydroxyl groups excluding tert-OH is 1. The van der Waals surface area contributed by atoms with Crippen LogP contribution >= 0.6 is 0 Å². The maximum absolute atomic E-state index is 14.1. The van der Waals surface area contributed by atoms with Crippen LogP contribution in [0.5, 0.6) is 0 Å². The van der Waals surface area contributed by atoms with E-state index in [0.717, 1.165) is 6.21 Å². The number of hydrogen-bond acceptors (Lipinski definition) is 6. The third-order valence-corrected chi connectivity index (χ3v) is 6.40. The third kappa shape index (κ3) is 5.89. The summed E-state index contributed by atoms with van der Waals surface area (Å²) in [4.78, 5) is 18.6. The number of halogens is 4. The summed E-state index contributed by atoms with van der Waals surface area (Å²) in [5, 5.41) is 29.7. The molecule has 2 aliphatic carbocycles. The van der Waals surface area contributed by atoms with Crippen LogP contribution in [-0.2, 0) is 0 Å². The molecule has 0 aliphatic heterocycles. The Hall–Kier alpha value is -3.22. The largest absolute Gasteiger partial charge is 0.394 e. The lowest BCUT2D eigenvalue weighted by Crippen LogP contribution is -2.47. The van der Waals surface area contributed by atoms with Gasteiger partial charge in [-0.05, 0) is 38.2 Å². The molecule has 0 saturated heterocycles. The van der Waals surface area contributed by atoms with Crippen molar-refractivity contribution in [1.82, 2.24) is 20.1 Å². The summed E-state index contributed by atoms with van der Waals surface area (Å²) >= 11 is 0. The maximum Gasteiger partial charge on any atom is 0.389 e. The zero-order valence-corrected chi connectivity index (χ0v) is 18.9. The van der Waals surface area contributed by atoms with Gasteiger partial charge in [-0.25, -0.2) is 9.18 Å². The van der Waals surface area contributed by atoms with Crippen LogP contribution in [0.1, 0.15) is 44.1 Å². The van der Waals surface area contributed by atoms with Gasteiger partial charge in [-0.15, -0.1) is 0 Å². The van der Waals surface area contributed by atoms with Crippen molar-refractivity contribution in [3.8, 4) is 11.4 Å². The molecule has 2 aromatic rings. The molecule has 2 amide bonds. The van der Waals surface area contributed by atoms with E-state index in [-0.39, 0.29) is 31.8 Å². The zero-order chi connectivity index (χ0) is 25.3.